The summed E-state index contributed by atoms with van der Waals surface area (Å²) in [5, 5.41) is 12.4. The number of aromatic nitrogens is 2. The largest absolute Gasteiger partial charge is 0.391 e. The van der Waals surface area contributed by atoms with Crippen LogP contribution in [0.2, 0.25) is 0 Å². The maximum absolute atomic E-state index is 8.60. The number of anilines is 1. The normalized spacial score (nSPS) is 10.0. The number of nitrogen functional groups attached to an aromatic ring is 1. The zero-order valence-electron chi connectivity index (χ0n) is 5.20. The second-order valence-corrected chi connectivity index (χ2v) is 1.87. The first-order chi connectivity index (χ1) is 4.24. The molecule has 0 bridgehead atoms. The standard InChI is InChI=1S/C5H9N3O/c1-8-2-4(3-9)5(6)7-8/h2,9H,3H2,1H3,(H2,6,7). The van der Waals surface area contributed by atoms with E-state index in [2.05, 4.69) is 5.10 Å². The van der Waals surface area contributed by atoms with Crippen LogP contribution < -0.4 is 5.73 Å². The average Bonchev–Trinajstić information content (AvgIpc) is 2.10. The molecule has 0 radical (unpaired) electrons. The fraction of sp³-hybridized carbons (Fsp3) is 0.400. The van der Waals surface area contributed by atoms with Crippen LogP contribution in [-0.2, 0) is 13.7 Å². The number of aryl methyl sites for hydroxylation is 1. The lowest BCUT2D eigenvalue weighted by molar-refractivity contribution is 0.282. The van der Waals surface area contributed by atoms with Crippen molar-refractivity contribution in [2.75, 3.05) is 5.73 Å². The maximum Gasteiger partial charge on any atom is 0.150 e. The number of aliphatic hydroxyl groups excluding tert-OH is 1. The molecular weight excluding hydrogens is 118 g/mol. The van der Waals surface area contributed by atoms with Crippen molar-refractivity contribution in [3.8, 4) is 0 Å². The first-order valence-corrected chi connectivity index (χ1v) is 2.63. The van der Waals surface area contributed by atoms with Gasteiger partial charge in [0.1, 0.15) is 0 Å². The van der Waals surface area contributed by atoms with Crippen LogP contribution >= 0.6 is 0 Å². The lowest BCUT2D eigenvalue weighted by Crippen LogP contribution is -1.91. The molecule has 1 heterocycles. The van der Waals surface area contributed by atoms with Crippen molar-refractivity contribution in [3.63, 3.8) is 0 Å². The van der Waals surface area contributed by atoms with Crippen LogP contribution in [0.15, 0.2) is 6.20 Å². The Bertz CT molecular complexity index is 206. The summed E-state index contributed by atoms with van der Waals surface area (Å²) in [6.07, 6.45) is 1.69. The molecule has 0 aliphatic heterocycles. The van der Waals surface area contributed by atoms with E-state index in [1.165, 1.54) is 0 Å². The van der Waals surface area contributed by atoms with Crippen LogP contribution in [0.1, 0.15) is 5.56 Å². The van der Waals surface area contributed by atoms with E-state index in [1.54, 1.807) is 17.9 Å². The molecule has 4 heteroatoms. The molecule has 9 heavy (non-hydrogen) atoms. The van der Waals surface area contributed by atoms with Crippen LogP contribution in [0.4, 0.5) is 5.82 Å². The van der Waals surface area contributed by atoms with Crippen molar-refractivity contribution in [1.29, 1.82) is 0 Å². The highest BCUT2D eigenvalue weighted by Crippen LogP contribution is 2.05. The van der Waals surface area contributed by atoms with E-state index >= 15 is 0 Å². The van der Waals surface area contributed by atoms with Gasteiger partial charge >= 0.3 is 0 Å². The Kier molecular flexibility index (Phi) is 1.40. The van der Waals surface area contributed by atoms with Gasteiger partial charge in [0.25, 0.3) is 0 Å². The monoisotopic (exact) mass is 127 g/mol. The van der Waals surface area contributed by atoms with Gasteiger partial charge in [0.05, 0.1) is 6.61 Å². The van der Waals surface area contributed by atoms with Gasteiger partial charge in [-0.3, -0.25) is 4.68 Å². The van der Waals surface area contributed by atoms with Gasteiger partial charge in [-0.2, -0.15) is 5.10 Å². The van der Waals surface area contributed by atoms with Gasteiger partial charge in [-0.05, 0) is 0 Å². The summed E-state index contributed by atoms with van der Waals surface area (Å²) in [5.41, 5.74) is 6.04. The Morgan fingerprint density at radius 1 is 1.89 bits per heavy atom. The number of hydrogen-bond acceptors (Lipinski definition) is 3. The van der Waals surface area contributed by atoms with E-state index in [4.69, 9.17) is 10.8 Å². The van der Waals surface area contributed by atoms with E-state index in [0.717, 1.165) is 0 Å². The third kappa shape index (κ3) is 1.02. The molecule has 1 aromatic heterocycles. The highest BCUT2D eigenvalue weighted by Gasteiger charge is 1.99. The fourth-order valence-electron chi connectivity index (χ4n) is 0.677. The molecular formula is C5H9N3O. The summed E-state index contributed by atoms with van der Waals surface area (Å²) < 4.78 is 1.57. The van der Waals surface area contributed by atoms with Gasteiger partial charge in [-0.25, -0.2) is 0 Å². The van der Waals surface area contributed by atoms with E-state index in [-0.39, 0.29) is 6.61 Å². The summed E-state index contributed by atoms with van der Waals surface area (Å²) in [4.78, 5) is 0. The minimum atomic E-state index is -0.0420. The van der Waals surface area contributed by atoms with Crippen LogP contribution in [0.3, 0.4) is 0 Å². The van der Waals surface area contributed by atoms with Crippen molar-refractivity contribution in [2.45, 2.75) is 6.61 Å². The van der Waals surface area contributed by atoms with Crippen LogP contribution in [0.5, 0.6) is 0 Å². The molecule has 0 aliphatic rings. The first-order valence-electron chi connectivity index (χ1n) is 2.63. The Balaban J connectivity index is 3.01. The van der Waals surface area contributed by atoms with Crippen molar-refractivity contribution >= 4 is 5.82 Å². The third-order valence-corrected chi connectivity index (χ3v) is 1.11. The summed E-state index contributed by atoms with van der Waals surface area (Å²) in [7, 11) is 1.76. The quantitative estimate of drug-likeness (QED) is 0.534. The molecule has 50 valence electrons. The Morgan fingerprint density at radius 3 is 2.78 bits per heavy atom. The SMILES string of the molecule is Cn1cc(CO)c(N)n1. The first kappa shape index (κ1) is 6.10. The molecule has 0 saturated heterocycles. The fourth-order valence-corrected chi connectivity index (χ4v) is 0.677. The van der Waals surface area contributed by atoms with Gasteiger partial charge in [-0.15, -0.1) is 0 Å². The Hall–Kier alpha value is -1.03. The second-order valence-electron chi connectivity index (χ2n) is 1.87. The van der Waals surface area contributed by atoms with Gasteiger partial charge in [-0.1, -0.05) is 0 Å². The van der Waals surface area contributed by atoms with Gasteiger partial charge in [0, 0.05) is 18.8 Å². The molecule has 0 aromatic carbocycles. The third-order valence-electron chi connectivity index (χ3n) is 1.11. The minimum Gasteiger partial charge on any atom is -0.391 e. The van der Waals surface area contributed by atoms with Crippen molar-refractivity contribution in [2.24, 2.45) is 7.05 Å². The van der Waals surface area contributed by atoms with Crippen LogP contribution in [-0.4, -0.2) is 14.9 Å². The molecule has 4 nitrogen and oxygen atoms in total. The summed E-state index contributed by atoms with van der Waals surface area (Å²) in [6.45, 7) is -0.0420. The molecule has 0 fully saturated rings. The Labute approximate surface area is 52.9 Å². The van der Waals surface area contributed by atoms with E-state index in [9.17, 15) is 0 Å². The predicted molar refractivity (Wildman–Crippen MR) is 33.5 cm³/mol. The molecule has 1 aromatic rings. The van der Waals surface area contributed by atoms with Gasteiger partial charge < -0.3 is 10.8 Å². The summed E-state index contributed by atoms with van der Waals surface area (Å²) in [5.74, 6) is 0.403. The molecule has 0 aliphatic carbocycles. The van der Waals surface area contributed by atoms with Crippen LogP contribution in [0, 0.1) is 0 Å². The number of hydrogen-bond donors (Lipinski definition) is 2. The second kappa shape index (κ2) is 2.06. The molecule has 0 saturated carbocycles. The molecule has 1 rings (SSSR count). The number of nitrogens with two attached hydrogens (primary N) is 1. The summed E-state index contributed by atoms with van der Waals surface area (Å²) in [6, 6.07) is 0. The number of nitrogens with zero attached hydrogens (tertiary/aromatic N) is 2. The van der Waals surface area contributed by atoms with E-state index in [1.807, 2.05) is 0 Å². The zero-order valence-corrected chi connectivity index (χ0v) is 5.20. The number of aliphatic hydroxyl groups is 1. The van der Waals surface area contributed by atoms with Crippen molar-refractivity contribution < 1.29 is 5.11 Å². The highest BCUT2D eigenvalue weighted by molar-refractivity contribution is 5.36. The molecule has 3 N–H and O–H groups in total. The Morgan fingerprint density at radius 2 is 2.56 bits per heavy atom. The molecule has 0 spiro atoms. The minimum absolute atomic E-state index is 0.0420. The molecule has 0 unspecified atom stereocenters. The lowest BCUT2D eigenvalue weighted by atomic mass is 10.4. The molecule has 0 amide bonds. The summed E-state index contributed by atoms with van der Waals surface area (Å²) >= 11 is 0. The van der Waals surface area contributed by atoms with E-state index in [0.29, 0.717) is 11.4 Å². The molecule has 0 atom stereocenters. The predicted octanol–water partition coefficient (Wildman–Crippen LogP) is -0.505. The smallest absolute Gasteiger partial charge is 0.150 e. The topological polar surface area (TPSA) is 64.1 Å². The van der Waals surface area contributed by atoms with Crippen molar-refractivity contribution in [3.05, 3.63) is 11.8 Å². The highest BCUT2D eigenvalue weighted by atomic mass is 16.3. The van der Waals surface area contributed by atoms with Gasteiger partial charge in [0.15, 0.2) is 5.82 Å². The zero-order chi connectivity index (χ0) is 6.85. The van der Waals surface area contributed by atoms with Crippen molar-refractivity contribution in [1.82, 2.24) is 9.78 Å². The van der Waals surface area contributed by atoms with Gasteiger partial charge in [0.2, 0.25) is 0 Å². The van der Waals surface area contributed by atoms with E-state index < -0.39 is 0 Å². The average molecular weight is 127 g/mol. The number of rotatable bonds is 1. The lowest BCUT2D eigenvalue weighted by Gasteiger charge is -1.85. The van der Waals surface area contributed by atoms with Crippen LogP contribution in [0.25, 0.3) is 0 Å². The maximum atomic E-state index is 8.60.